The SMILES string of the molecule is C.Cc1cnc(-c2ccc(-c3nn[nH]n3)cc2)[nH]c1=O.Cc1cnc(-c2ccc(F)cc2)[nH]c1=O.Cc1cnc(-c2cccc(-c3nn[nH]n3)c2)[nH]c1=O.[C-]#[N+]c1ccc(-c2ncc(C)c(=O)[nH]2)cc1.[C-]#[N+]c1cccc(-c2ncc(C)c(=O)[nH]2)c1. The molecule has 12 rings (SSSR count). The molecule has 0 aliphatic rings. The van der Waals surface area contributed by atoms with E-state index in [2.05, 4.69) is 101 Å². The lowest BCUT2D eigenvalue weighted by molar-refractivity contribution is 0.628. The second-order valence-electron chi connectivity index (χ2n) is 18.2. The average molecular weight is 1150 g/mol. The summed E-state index contributed by atoms with van der Waals surface area (Å²) in [6, 6.07) is 34.5. The Balaban J connectivity index is 0.000000154. The molecular weight excluding hydrogens is 1100 g/mol. The number of halogens is 1. The second kappa shape index (κ2) is 28.8. The Kier molecular flexibility index (Phi) is 20.5. The Morgan fingerprint density at radius 1 is 0.372 bits per heavy atom. The maximum Gasteiger partial charge on any atom is 0.254 e. The van der Waals surface area contributed by atoms with Crippen LogP contribution in [-0.2, 0) is 0 Å². The highest BCUT2D eigenvalue weighted by atomic mass is 19.1. The van der Waals surface area contributed by atoms with Crippen LogP contribution in [0, 0.1) is 53.6 Å². The van der Waals surface area contributed by atoms with Crippen LogP contribution in [0.15, 0.2) is 176 Å². The lowest BCUT2D eigenvalue weighted by Crippen LogP contribution is -2.11. The van der Waals surface area contributed by atoms with E-state index in [-0.39, 0.29) is 41.0 Å². The number of aromatic nitrogens is 18. The molecule has 0 fully saturated rings. The normalized spacial score (nSPS) is 10.1. The number of hydrogen-bond acceptors (Lipinski definition) is 16. The Morgan fingerprint density at radius 2 is 0.686 bits per heavy atom. The molecule has 86 heavy (non-hydrogen) atoms. The van der Waals surface area contributed by atoms with Crippen LogP contribution in [-0.4, -0.2) is 91.1 Å². The standard InChI is InChI=1S/2C12H10N6O.2C12H9N3O.C11H9FN2O.CH4/c1-7-6-13-10(14-12(7)19)8-2-4-9(5-3-8)11-15-17-18-16-11;1-7-6-13-10(14-12(7)19)8-3-2-4-9(5-8)11-15-17-18-16-11;1-8-7-14-11(15-12(8)16)9-3-5-10(13-2)6-4-9;1-8-7-14-11(15-12(8)16)9-4-3-5-10(6-9)13-2;1-7-6-13-10(14-11(7)15)8-2-4-9(12)5-3-8;/h2*2-6H,1H3,(H,13,14,19)(H,15,16,17,18);2*3-7H,1H3,(H,14,15,16);2-6H,1H3,(H,13,14,15);1H4. The molecule has 0 saturated carbocycles. The summed E-state index contributed by atoms with van der Waals surface area (Å²) in [6.07, 6.45) is 7.67. The van der Waals surface area contributed by atoms with E-state index in [0.717, 1.165) is 33.4 Å². The van der Waals surface area contributed by atoms with Gasteiger partial charge in [0.1, 0.15) is 34.9 Å². The van der Waals surface area contributed by atoms with Crippen LogP contribution in [0.1, 0.15) is 35.2 Å². The number of aryl methyl sites for hydroxylation is 5. The molecule has 0 saturated heterocycles. The summed E-state index contributed by atoms with van der Waals surface area (Å²) < 4.78 is 12.7. The van der Waals surface area contributed by atoms with E-state index in [1.165, 1.54) is 30.7 Å². The molecule has 0 unspecified atom stereocenters. The van der Waals surface area contributed by atoms with Crippen molar-refractivity contribution in [3.8, 4) is 79.7 Å². The largest absolute Gasteiger partial charge is 0.306 e. The lowest BCUT2D eigenvalue weighted by Gasteiger charge is -2.02. The van der Waals surface area contributed by atoms with Gasteiger partial charge >= 0.3 is 0 Å². The van der Waals surface area contributed by atoms with Gasteiger partial charge in [-0.25, -0.2) is 39.0 Å². The molecule has 0 spiro atoms. The van der Waals surface area contributed by atoms with Crippen LogP contribution in [0.5, 0.6) is 0 Å². The third-order valence-electron chi connectivity index (χ3n) is 12.0. The molecular formula is C60H51FN20O5. The van der Waals surface area contributed by atoms with Gasteiger partial charge in [0, 0.05) is 97.7 Å². The van der Waals surface area contributed by atoms with Crippen molar-refractivity contribution in [3.05, 3.63) is 261 Å². The molecule has 0 aliphatic heterocycles. The predicted octanol–water partition coefficient (Wildman–Crippen LogP) is 8.96. The summed E-state index contributed by atoms with van der Waals surface area (Å²) in [5.41, 5.74) is 8.72. The number of hydrogen-bond donors (Lipinski definition) is 7. The summed E-state index contributed by atoms with van der Waals surface area (Å²) in [4.78, 5) is 98.0. The molecule has 26 heteroatoms. The van der Waals surface area contributed by atoms with Gasteiger partial charge in [-0.05, 0) is 81.4 Å². The van der Waals surface area contributed by atoms with E-state index in [1.54, 1.807) is 102 Å². The third-order valence-corrected chi connectivity index (χ3v) is 12.0. The molecule has 25 nitrogen and oxygen atoms in total. The van der Waals surface area contributed by atoms with E-state index in [1.807, 2.05) is 54.6 Å². The number of tetrazole rings is 2. The highest BCUT2D eigenvalue weighted by molar-refractivity contribution is 5.66. The fraction of sp³-hybridized carbons (Fsp3) is 0.100. The van der Waals surface area contributed by atoms with Crippen molar-refractivity contribution >= 4 is 11.4 Å². The molecule has 0 atom stereocenters. The minimum absolute atomic E-state index is 0. The van der Waals surface area contributed by atoms with Crippen LogP contribution < -0.4 is 27.8 Å². The van der Waals surface area contributed by atoms with Crippen LogP contribution in [0.3, 0.4) is 0 Å². The van der Waals surface area contributed by atoms with Crippen molar-refractivity contribution in [1.82, 2.24) is 91.1 Å². The van der Waals surface area contributed by atoms with Crippen molar-refractivity contribution in [1.29, 1.82) is 0 Å². The molecule has 5 aromatic carbocycles. The van der Waals surface area contributed by atoms with Crippen LogP contribution in [0.4, 0.5) is 15.8 Å². The Labute approximate surface area is 487 Å². The van der Waals surface area contributed by atoms with E-state index < -0.39 is 0 Å². The predicted molar refractivity (Wildman–Crippen MR) is 321 cm³/mol. The number of nitrogens with zero attached hydrogens (tertiary/aromatic N) is 13. The van der Waals surface area contributed by atoms with E-state index in [0.29, 0.717) is 85.5 Å². The van der Waals surface area contributed by atoms with Gasteiger partial charge < -0.3 is 24.9 Å². The Bertz CT molecular complexity index is 4640. The molecule has 12 aromatic rings. The minimum atomic E-state index is -0.312. The molecule has 0 aliphatic carbocycles. The Hall–Kier alpha value is -12.5. The van der Waals surface area contributed by atoms with Gasteiger partial charge in [-0.15, -0.1) is 20.4 Å². The topological polar surface area (TPSA) is 346 Å². The van der Waals surface area contributed by atoms with Crippen molar-refractivity contribution in [2.24, 2.45) is 0 Å². The maximum absolute atomic E-state index is 12.7. The van der Waals surface area contributed by atoms with Gasteiger partial charge in [0.25, 0.3) is 27.8 Å². The summed E-state index contributed by atoms with van der Waals surface area (Å²) in [6.45, 7) is 22.3. The molecule has 7 N–H and O–H groups in total. The van der Waals surface area contributed by atoms with Crippen molar-refractivity contribution in [2.75, 3.05) is 0 Å². The van der Waals surface area contributed by atoms with Crippen LogP contribution >= 0.6 is 0 Å². The first-order valence-electron chi connectivity index (χ1n) is 25.3. The van der Waals surface area contributed by atoms with Crippen molar-refractivity contribution in [2.45, 2.75) is 42.0 Å². The molecule has 428 valence electrons. The first kappa shape index (κ1) is 61.2. The molecule has 0 radical (unpaired) electrons. The van der Waals surface area contributed by atoms with Crippen LogP contribution in [0.2, 0.25) is 0 Å². The van der Waals surface area contributed by atoms with Gasteiger partial charge in [-0.2, -0.15) is 10.4 Å². The lowest BCUT2D eigenvalue weighted by atomic mass is 10.1. The average Bonchev–Trinajstić information content (AvgIpc) is 4.43. The monoisotopic (exact) mass is 1150 g/mol. The highest BCUT2D eigenvalue weighted by Crippen LogP contribution is 2.23. The molecule has 0 bridgehead atoms. The van der Waals surface area contributed by atoms with E-state index in [4.69, 9.17) is 13.1 Å². The highest BCUT2D eigenvalue weighted by Gasteiger charge is 2.10. The van der Waals surface area contributed by atoms with E-state index >= 15 is 0 Å². The number of H-pyrrole nitrogens is 7. The maximum atomic E-state index is 12.7. The zero-order valence-electron chi connectivity index (χ0n) is 45.7. The van der Waals surface area contributed by atoms with Gasteiger partial charge in [-0.3, -0.25) is 24.0 Å². The minimum Gasteiger partial charge on any atom is -0.306 e. The quantitative estimate of drug-likeness (QED) is 0.0732. The van der Waals surface area contributed by atoms with Gasteiger partial charge in [-0.1, -0.05) is 92.4 Å². The van der Waals surface area contributed by atoms with Crippen LogP contribution in [0.25, 0.3) is 89.4 Å². The summed E-state index contributed by atoms with van der Waals surface area (Å²) in [5.74, 6) is 3.22. The number of benzene rings is 5. The first-order chi connectivity index (χ1) is 41.0. The summed E-state index contributed by atoms with van der Waals surface area (Å²) >= 11 is 0. The van der Waals surface area contributed by atoms with Gasteiger partial charge in [0.2, 0.25) is 11.6 Å². The number of rotatable bonds is 7. The van der Waals surface area contributed by atoms with E-state index in [9.17, 15) is 28.4 Å². The molecule has 7 heterocycles. The zero-order valence-corrected chi connectivity index (χ0v) is 45.7. The zero-order chi connectivity index (χ0) is 60.4. The van der Waals surface area contributed by atoms with Crippen molar-refractivity contribution in [3.63, 3.8) is 0 Å². The van der Waals surface area contributed by atoms with Crippen molar-refractivity contribution < 1.29 is 4.39 Å². The second-order valence-corrected chi connectivity index (χ2v) is 18.2. The third kappa shape index (κ3) is 16.1. The summed E-state index contributed by atoms with van der Waals surface area (Å²) in [5, 5.41) is 27.4. The number of aromatic amines is 7. The first-order valence-corrected chi connectivity index (χ1v) is 25.3. The smallest absolute Gasteiger partial charge is 0.254 e. The fourth-order valence-corrected chi connectivity index (χ4v) is 7.20. The number of nitrogens with one attached hydrogen (secondary N) is 7. The molecule has 0 amide bonds. The molecule has 7 aromatic heterocycles. The Morgan fingerprint density at radius 3 is 1.05 bits per heavy atom. The fourth-order valence-electron chi connectivity index (χ4n) is 7.20. The van der Waals surface area contributed by atoms with Gasteiger partial charge in [0.05, 0.1) is 13.1 Å². The van der Waals surface area contributed by atoms with Gasteiger partial charge in [0.15, 0.2) is 11.4 Å². The summed E-state index contributed by atoms with van der Waals surface area (Å²) in [7, 11) is 0.